The highest BCUT2D eigenvalue weighted by molar-refractivity contribution is 5.37. The summed E-state index contributed by atoms with van der Waals surface area (Å²) in [5.41, 5.74) is 0.211. The van der Waals surface area contributed by atoms with Crippen LogP contribution in [0.4, 0.5) is 5.82 Å². The summed E-state index contributed by atoms with van der Waals surface area (Å²) in [6, 6.07) is 7.00. The highest BCUT2D eigenvalue weighted by Crippen LogP contribution is 2.22. The molecule has 1 aliphatic heterocycles. The van der Waals surface area contributed by atoms with Crippen LogP contribution in [0.3, 0.4) is 0 Å². The molecule has 0 spiro atoms. The SMILES string of the molecule is N#Cc1cnc(N2CCC(Cn3nc(-n4cccn4)ccc3=O)CC2)cn1. The third-order valence-corrected chi connectivity index (χ3v) is 4.71. The Bertz CT molecular complexity index is 995. The third-order valence-electron chi connectivity index (χ3n) is 4.71. The lowest BCUT2D eigenvalue weighted by Crippen LogP contribution is -2.37. The second-order valence-electron chi connectivity index (χ2n) is 6.46. The Hall–Kier alpha value is -3.54. The van der Waals surface area contributed by atoms with Crippen molar-refractivity contribution in [1.82, 2.24) is 29.5 Å². The van der Waals surface area contributed by atoms with Crippen molar-refractivity contribution in [3.8, 4) is 11.9 Å². The van der Waals surface area contributed by atoms with Crippen LogP contribution >= 0.6 is 0 Å². The van der Waals surface area contributed by atoms with Crippen molar-refractivity contribution in [3.63, 3.8) is 0 Å². The van der Waals surface area contributed by atoms with E-state index in [-0.39, 0.29) is 5.56 Å². The Morgan fingerprint density at radius 3 is 2.67 bits per heavy atom. The quantitative estimate of drug-likeness (QED) is 0.682. The number of aromatic nitrogens is 6. The lowest BCUT2D eigenvalue weighted by Gasteiger charge is -2.32. The number of nitriles is 1. The molecule has 4 rings (SSSR count). The first-order chi connectivity index (χ1) is 13.2. The lowest BCUT2D eigenvalue weighted by atomic mass is 9.97. The van der Waals surface area contributed by atoms with Crippen LogP contribution in [0.2, 0.25) is 0 Å². The molecule has 0 amide bonds. The van der Waals surface area contributed by atoms with E-state index in [1.54, 1.807) is 29.3 Å². The molecule has 1 aliphatic rings. The molecule has 0 bridgehead atoms. The van der Waals surface area contributed by atoms with Crippen LogP contribution in [0, 0.1) is 17.2 Å². The maximum Gasteiger partial charge on any atom is 0.266 e. The number of rotatable bonds is 4. The van der Waals surface area contributed by atoms with Crippen molar-refractivity contribution in [2.24, 2.45) is 5.92 Å². The monoisotopic (exact) mass is 362 g/mol. The average Bonchev–Trinajstić information content (AvgIpc) is 3.25. The predicted octanol–water partition coefficient (Wildman–Crippen LogP) is 1.01. The Kier molecular flexibility index (Phi) is 4.61. The van der Waals surface area contributed by atoms with E-state index in [1.807, 2.05) is 12.1 Å². The maximum atomic E-state index is 12.2. The summed E-state index contributed by atoms with van der Waals surface area (Å²) in [5.74, 6) is 1.78. The van der Waals surface area contributed by atoms with Gasteiger partial charge in [-0.05, 0) is 30.9 Å². The van der Waals surface area contributed by atoms with Gasteiger partial charge in [-0.2, -0.15) is 10.4 Å². The zero-order chi connectivity index (χ0) is 18.6. The second-order valence-corrected chi connectivity index (χ2v) is 6.46. The van der Waals surface area contributed by atoms with Gasteiger partial charge in [-0.1, -0.05) is 0 Å². The fourth-order valence-corrected chi connectivity index (χ4v) is 3.23. The number of nitrogens with zero attached hydrogens (tertiary/aromatic N) is 8. The van der Waals surface area contributed by atoms with Crippen molar-refractivity contribution < 1.29 is 0 Å². The minimum Gasteiger partial charge on any atom is -0.355 e. The highest BCUT2D eigenvalue weighted by atomic mass is 16.1. The first kappa shape index (κ1) is 16.9. The van der Waals surface area contributed by atoms with Crippen LogP contribution in [-0.4, -0.2) is 42.6 Å². The zero-order valence-electron chi connectivity index (χ0n) is 14.6. The number of hydrogen-bond acceptors (Lipinski definition) is 7. The van der Waals surface area contributed by atoms with E-state index in [9.17, 15) is 4.79 Å². The van der Waals surface area contributed by atoms with Crippen molar-refractivity contribution >= 4 is 5.82 Å². The van der Waals surface area contributed by atoms with Crippen molar-refractivity contribution in [2.75, 3.05) is 18.0 Å². The van der Waals surface area contributed by atoms with E-state index in [1.165, 1.54) is 16.9 Å². The average molecular weight is 362 g/mol. The van der Waals surface area contributed by atoms with Gasteiger partial charge in [0.05, 0.1) is 12.4 Å². The van der Waals surface area contributed by atoms with Gasteiger partial charge >= 0.3 is 0 Å². The van der Waals surface area contributed by atoms with E-state index in [2.05, 4.69) is 25.1 Å². The molecule has 9 heteroatoms. The van der Waals surface area contributed by atoms with E-state index < -0.39 is 0 Å². The molecule has 4 heterocycles. The molecule has 0 saturated carbocycles. The van der Waals surface area contributed by atoms with Crippen molar-refractivity contribution in [2.45, 2.75) is 19.4 Å². The molecule has 3 aromatic heterocycles. The summed E-state index contributed by atoms with van der Waals surface area (Å²) in [4.78, 5) is 22.7. The third kappa shape index (κ3) is 3.69. The van der Waals surface area contributed by atoms with Gasteiger partial charge < -0.3 is 4.90 Å². The van der Waals surface area contributed by atoms with Gasteiger partial charge in [-0.25, -0.2) is 19.3 Å². The molecule has 0 N–H and O–H groups in total. The smallest absolute Gasteiger partial charge is 0.266 e. The maximum absolute atomic E-state index is 12.2. The van der Waals surface area contributed by atoms with E-state index in [4.69, 9.17) is 5.26 Å². The predicted molar refractivity (Wildman–Crippen MR) is 97.3 cm³/mol. The molecular weight excluding hydrogens is 344 g/mol. The molecule has 0 unspecified atom stereocenters. The molecule has 0 aliphatic carbocycles. The van der Waals surface area contributed by atoms with Gasteiger partial charge in [0.1, 0.15) is 11.9 Å². The van der Waals surface area contributed by atoms with Crippen LogP contribution in [0.5, 0.6) is 0 Å². The minimum absolute atomic E-state index is 0.105. The zero-order valence-corrected chi connectivity index (χ0v) is 14.6. The van der Waals surface area contributed by atoms with E-state index >= 15 is 0 Å². The molecule has 0 atom stereocenters. The number of hydrogen-bond donors (Lipinski definition) is 0. The van der Waals surface area contributed by atoms with Crippen LogP contribution in [0.25, 0.3) is 5.82 Å². The van der Waals surface area contributed by atoms with Crippen LogP contribution in [0.15, 0.2) is 47.8 Å². The summed E-state index contributed by atoms with van der Waals surface area (Å²) in [5, 5.41) is 17.4. The normalized spacial score (nSPS) is 14.9. The van der Waals surface area contributed by atoms with Crippen LogP contribution in [-0.2, 0) is 6.54 Å². The molecule has 9 nitrogen and oxygen atoms in total. The molecule has 0 radical (unpaired) electrons. The van der Waals surface area contributed by atoms with E-state index in [0.29, 0.717) is 24.0 Å². The topological polar surface area (TPSA) is 106 Å². The molecule has 0 aromatic carbocycles. The van der Waals surface area contributed by atoms with Gasteiger partial charge in [0, 0.05) is 38.1 Å². The molecular formula is C18H18N8O. The number of anilines is 1. The summed E-state index contributed by atoms with van der Waals surface area (Å²) in [6.07, 6.45) is 8.47. The van der Waals surface area contributed by atoms with Crippen LogP contribution in [0.1, 0.15) is 18.5 Å². The van der Waals surface area contributed by atoms with Crippen molar-refractivity contribution in [3.05, 3.63) is 59.0 Å². The fraction of sp³-hybridized carbons (Fsp3) is 0.333. The summed E-state index contributed by atoms with van der Waals surface area (Å²) in [6.45, 7) is 2.25. The minimum atomic E-state index is -0.105. The standard InChI is InChI=1S/C18H18N8O/c19-10-15-11-21-17(12-20-15)24-8-4-14(5-9-24)13-26-18(27)3-2-16(23-26)25-7-1-6-22-25/h1-3,6-7,11-12,14H,4-5,8-9,13H2. The summed E-state index contributed by atoms with van der Waals surface area (Å²) >= 11 is 0. The van der Waals surface area contributed by atoms with Crippen molar-refractivity contribution in [1.29, 1.82) is 5.26 Å². The highest BCUT2D eigenvalue weighted by Gasteiger charge is 2.21. The first-order valence-corrected chi connectivity index (χ1v) is 8.78. The van der Waals surface area contributed by atoms with Gasteiger partial charge in [0.25, 0.3) is 5.56 Å². The van der Waals surface area contributed by atoms with Gasteiger partial charge in [0.2, 0.25) is 0 Å². The first-order valence-electron chi connectivity index (χ1n) is 8.78. The fourth-order valence-electron chi connectivity index (χ4n) is 3.23. The van der Waals surface area contributed by atoms with Gasteiger partial charge in [0.15, 0.2) is 11.5 Å². The van der Waals surface area contributed by atoms with E-state index in [0.717, 1.165) is 31.7 Å². The molecule has 27 heavy (non-hydrogen) atoms. The Morgan fingerprint density at radius 2 is 2.00 bits per heavy atom. The Balaban J connectivity index is 1.41. The second kappa shape index (κ2) is 7.37. The number of piperidine rings is 1. The Morgan fingerprint density at radius 1 is 1.15 bits per heavy atom. The Labute approximate surface area is 155 Å². The molecule has 136 valence electrons. The molecule has 1 saturated heterocycles. The van der Waals surface area contributed by atoms with Crippen LogP contribution < -0.4 is 10.5 Å². The largest absolute Gasteiger partial charge is 0.355 e. The lowest BCUT2D eigenvalue weighted by molar-refractivity contribution is 0.333. The summed E-state index contributed by atoms with van der Waals surface area (Å²) in [7, 11) is 0. The van der Waals surface area contributed by atoms with Gasteiger partial charge in [-0.3, -0.25) is 4.79 Å². The molecule has 1 fully saturated rings. The summed E-state index contributed by atoms with van der Waals surface area (Å²) < 4.78 is 3.17. The van der Waals surface area contributed by atoms with Gasteiger partial charge in [-0.15, -0.1) is 5.10 Å². The molecule has 3 aromatic rings.